The molecule has 2 fully saturated rings. The zero-order valence-electron chi connectivity index (χ0n) is 11.9. The minimum Gasteiger partial charge on any atom is -0.349 e. The Hall–Kier alpha value is -0.850. The lowest BCUT2D eigenvalue weighted by Gasteiger charge is -2.17. The minimum absolute atomic E-state index is 0.145. The second-order valence-corrected chi connectivity index (χ2v) is 7.69. The maximum atomic E-state index is 12.5. The van der Waals surface area contributed by atoms with Crippen LogP contribution in [-0.4, -0.2) is 19.0 Å². The van der Waals surface area contributed by atoms with Crippen molar-refractivity contribution >= 4 is 10.0 Å². The molecule has 0 bridgehead atoms. The number of nitrogens with zero attached hydrogens (tertiary/aromatic N) is 1. The fourth-order valence-electron chi connectivity index (χ4n) is 2.87. The first kappa shape index (κ1) is 14.1. The maximum Gasteiger partial charge on any atom is 0.242 e. The standard InChI is InChI=1S/C14H23N3O2S/c1-2-17-9-13(7-12(17)8-15)20(18,19)16-14(10-3-4-10)11-5-6-11/h7,9-11,14,16H,2-6,8,15H2,1H3. The van der Waals surface area contributed by atoms with Crippen molar-refractivity contribution in [2.75, 3.05) is 0 Å². The Morgan fingerprint density at radius 2 is 1.95 bits per heavy atom. The molecule has 3 rings (SSSR count). The SMILES string of the molecule is CCn1cc(S(=O)(=O)NC(C2CC2)C2CC2)cc1CN. The highest BCUT2D eigenvalue weighted by molar-refractivity contribution is 7.89. The average molecular weight is 297 g/mol. The molecule has 1 aromatic rings. The van der Waals surface area contributed by atoms with Gasteiger partial charge >= 0.3 is 0 Å². The Morgan fingerprint density at radius 3 is 2.35 bits per heavy atom. The van der Waals surface area contributed by atoms with E-state index in [4.69, 9.17) is 5.73 Å². The average Bonchev–Trinajstić information content (AvgIpc) is 3.32. The number of sulfonamides is 1. The third-order valence-electron chi connectivity index (χ3n) is 4.37. The van der Waals surface area contributed by atoms with Gasteiger partial charge in [0, 0.05) is 31.0 Å². The fraction of sp³-hybridized carbons (Fsp3) is 0.714. The van der Waals surface area contributed by atoms with Gasteiger partial charge in [0.1, 0.15) is 0 Å². The van der Waals surface area contributed by atoms with Crippen molar-refractivity contribution < 1.29 is 8.42 Å². The molecule has 0 amide bonds. The van der Waals surface area contributed by atoms with Crippen LogP contribution in [-0.2, 0) is 23.1 Å². The van der Waals surface area contributed by atoms with E-state index in [-0.39, 0.29) is 6.04 Å². The van der Waals surface area contributed by atoms with Gasteiger partial charge < -0.3 is 10.3 Å². The van der Waals surface area contributed by atoms with E-state index in [0.29, 0.717) is 23.3 Å². The first-order valence-electron chi connectivity index (χ1n) is 7.46. The monoisotopic (exact) mass is 297 g/mol. The van der Waals surface area contributed by atoms with Crippen LogP contribution in [0.2, 0.25) is 0 Å². The zero-order valence-corrected chi connectivity index (χ0v) is 12.7. The van der Waals surface area contributed by atoms with Crippen molar-refractivity contribution in [2.45, 2.75) is 56.6 Å². The third-order valence-corrected chi connectivity index (χ3v) is 5.80. The van der Waals surface area contributed by atoms with E-state index < -0.39 is 10.0 Å². The number of hydrogen-bond acceptors (Lipinski definition) is 3. The van der Waals surface area contributed by atoms with Crippen molar-refractivity contribution in [3.05, 3.63) is 18.0 Å². The lowest BCUT2D eigenvalue weighted by Crippen LogP contribution is -2.37. The predicted octanol–water partition coefficient (Wildman–Crippen LogP) is 1.43. The van der Waals surface area contributed by atoms with E-state index in [1.165, 1.54) is 0 Å². The molecule has 0 aliphatic heterocycles. The molecule has 5 nitrogen and oxygen atoms in total. The number of nitrogens with two attached hydrogens (primary N) is 1. The maximum absolute atomic E-state index is 12.5. The van der Waals surface area contributed by atoms with Crippen molar-refractivity contribution in [1.29, 1.82) is 0 Å². The summed E-state index contributed by atoms with van der Waals surface area (Å²) < 4.78 is 29.9. The summed E-state index contributed by atoms with van der Waals surface area (Å²) in [5.74, 6) is 1.11. The van der Waals surface area contributed by atoms with Gasteiger partial charge in [0.25, 0.3) is 0 Å². The number of nitrogens with one attached hydrogen (secondary N) is 1. The largest absolute Gasteiger partial charge is 0.349 e. The third kappa shape index (κ3) is 2.77. The van der Waals surface area contributed by atoms with Crippen LogP contribution in [0.25, 0.3) is 0 Å². The van der Waals surface area contributed by atoms with E-state index >= 15 is 0 Å². The van der Waals surface area contributed by atoms with Crippen molar-refractivity contribution in [1.82, 2.24) is 9.29 Å². The fourth-order valence-corrected chi connectivity index (χ4v) is 4.31. The highest BCUT2D eigenvalue weighted by Gasteiger charge is 2.43. The summed E-state index contributed by atoms with van der Waals surface area (Å²) >= 11 is 0. The molecular weight excluding hydrogens is 274 g/mol. The minimum atomic E-state index is -3.42. The van der Waals surface area contributed by atoms with Crippen LogP contribution < -0.4 is 10.5 Å². The van der Waals surface area contributed by atoms with Crippen molar-refractivity contribution in [2.24, 2.45) is 17.6 Å². The first-order chi connectivity index (χ1) is 9.55. The van der Waals surface area contributed by atoms with E-state index in [2.05, 4.69) is 4.72 Å². The molecule has 0 saturated heterocycles. The highest BCUT2D eigenvalue weighted by Crippen LogP contribution is 2.45. The van der Waals surface area contributed by atoms with Gasteiger partial charge in [0.15, 0.2) is 0 Å². The van der Waals surface area contributed by atoms with Crippen LogP contribution in [0.1, 0.15) is 38.3 Å². The van der Waals surface area contributed by atoms with Crippen molar-refractivity contribution in [3.8, 4) is 0 Å². The molecule has 3 N–H and O–H groups in total. The summed E-state index contributed by atoms with van der Waals surface area (Å²) in [6, 6.07) is 1.84. The molecule has 112 valence electrons. The number of aryl methyl sites for hydroxylation is 1. The Morgan fingerprint density at radius 1 is 1.35 bits per heavy atom. The molecule has 0 unspecified atom stereocenters. The molecule has 1 heterocycles. The summed E-state index contributed by atoms with van der Waals surface area (Å²) in [6.07, 6.45) is 6.34. The molecule has 2 aliphatic rings. The molecule has 2 saturated carbocycles. The molecule has 1 aromatic heterocycles. The molecule has 0 aromatic carbocycles. The zero-order chi connectivity index (χ0) is 14.3. The van der Waals surface area contributed by atoms with Crippen molar-refractivity contribution in [3.63, 3.8) is 0 Å². The van der Waals surface area contributed by atoms with Gasteiger partial charge in [-0.3, -0.25) is 0 Å². The highest BCUT2D eigenvalue weighted by atomic mass is 32.2. The topological polar surface area (TPSA) is 77.1 Å². The molecule has 0 spiro atoms. The Labute approximate surface area is 120 Å². The van der Waals surface area contributed by atoms with Crippen LogP contribution >= 0.6 is 0 Å². The first-order valence-corrected chi connectivity index (χ1v) is 8.95. The Balaban J connectivity index is 1.81. The second kappa shape index (κ2) is 5.16. The normalized spacial score (nSPS) is 19.8. The van der Waals surface area contributed by atoms with Gasteiger partial charge in [0.2, 0.25) is 10.0 Å². The quantitative estimate of drug-likeness (QED) is 0.799. The lowest BCUT2D eigenvalue weighted by atomic mass is 10.1. The molecule has 0 atom stereocenters. The van der Waals surface area contributed by atoms with Gasteiger partial charge in [-0.2, -0.15) is 0 Å². The Bertz CT molecular complexity index is 552. The van der Waals surface area contributed by atoms with Crippen LogP contribution in [0.15, 0.2) is 17.2 Å². The summed E-state index contributed by atoms with van der Waals surface area (Å²) in [6.45, 7) is 3.08. The van der Waals surface area contributed by atoms with Crippen LogP contribution in [0.4, 0.5) is 0 Å². The van der Waals surface area contributed by atoms with Gasteiger partial charge in [-0.1, -0.05) is 0 Å². The van der Waals surface area contributed by atoms with Gasteiger partial charge in [-0.05, 0) is 50.5 Å². The summed E-state index contributed by atoms with van der Waals surface area (Å²) in [7, 11) is -3.42. The van der Waals surface area contributed by atoms with Gasteiger partial charge in [0.05, 0.1) is 4.90 Å². The van der Waals surface area contributed by atoms with E-state index in [9.17, 15) is 8.42 Å². The number of aromatic nitrogens is 1. The predicted molar refractivity (Wildman–Crippen MR) is 77.6 cm³/mol. The van der Waals surface area contributed by atoms with E-state index in [1.807, 2.05) is 11.5 Å². The van der Waals surface area contributed by atoms with E-state index in [1.54, 1.807) is 12.3 Å². The van der Waals surface area contributed by atoms with Gasteiger partial charge in [-0.25, -0.2) is 13.1 Å². The number of rotatable bonds is 7. The second-order valence-electron chi connectivity index (χ2n) is 5.98. The van der Waals surface area contributed by atoms with Crippen LogP contribution in [0.5, 0.6) is 0 Å². The van der Waals surface area contributed by atoms with E-state index in [0.717, 1.165) is 37.9 Å². The Kier molecular flexibility index (Phi) is 3.64. The van der Waals surface area contributed by atoms with Crippen LogP contribution in [0.3, 0.4) is 0 Å². The summed E-state index contributed by atoms with van der Waals surface area (Å²) in [5, 5.41) is 0. The molecular formula is C14H23N3O2S. The summed E-state index contributed by atoms with van der Waals surface area (Å²) in [4.78, 5) is 0.353. The smallest absolute Gasteiger partial charge is 0.242 e. The van der Waals surface area contributed by atoms with Gasteiger partial charge in [-0.15, -0.1) is 0 Å². The lowest BCUT2D eigenvalue weighted by molar-refractivity contribution is 0.471. The molecule has 20 heavy (non-hydrogen) atoms. The van der Waals surface area contributed by atoms with Crippen LogP contribution in [0, 0.1) is 11.8 Å². The number of hydrogen-bond donors (Lipinski definition) is 2. The molecule has 2 aliphatic carbocycles. The molecule has 0 radical (unpaired) electrons. The summed E-state index contributed by atoms with van der Waals surface area (Å²) in [5.41, 5.74) is 6.53. The molecule has 6 heteroatoms.